The largest absolute Gasteiger partial charge is 0.353 e. The van der Waals surface area contributed by atoms with Gasteiger partial charge in [0.05, 0.1) is 0 Å². The standard InChI is InChI=1S/C12H24N2O.ClH/c1-8(2)9(3)14-12(15)7-10-5-4-6-11(10)13;/h8-11H,4-7,13H2,1-3H3,(H,14,15);1H/t9?,10-,11+;/m0./s1. The predicted octanol–water partition coefficient (Wildman–Crippen LogP) is 2.09. The second-order valence-electron chi connectivity index (χ2n) is 5.16. The minimum Gasteiger partial charge on any atom is -0.353 e. The molecule has 1 fully saturated rings. The van der Waals surface area contributed by atoms with Gasteiger partial charge in [-0.05, 0) is 31.6 Å². The minimum absolute atomic E-state index is 0. The highest BCUT2D eigenvalue weighted by Gasteiger charge is 2.26. The summed E-state index contributed by atoms with van der Waals surface area (Å²) in [6, 6.07) is 0.500. The number of carbonyl (C=O) groups is 1. The monoisotopic (exact) mass is 248 g/mol. The van der Waals surface area contributed by atoms with E-state index in [2.05, 4.69) is 26.1 Å². The van der Waals surface area contributed by atoms with Crippen molar-refractivity contribution in [3.63, 3.8) is 0 Å². The van der Waals surface area contributed by atoms with Crippen molar-refractivity contribution in [1.82, 2.24) is 5.32 Å². The number of hydrogen-bond acceptors (Lipinski definition) is 2. The summed E-state index contributed by atoms with van der Waals surface area (Å²) in [6.07, 6.45) is 3.99. The fraction of sp³-hybridized carbons (Fsp3) is 0.917. The van der Waals surface area contributed by atoms with Crippen LogP contribution >= 0.6 is 12.4 Å². The summed E-state index contributed by atoms with van der Waals surface area (Å²) in [5, 5.41) is 3.03. The average Bonchev–Trinajstić information content (AvgIpc) is 2.51. The van der Waals surface area contributed by atoms with Crippen molar-refractivity contribution in [3.05, 3.63) is 0 Å². The summed E-state index contributed by atoms with van der Waals surface area (Å²) in [4.78, 5) is 11.7. The van der Waals surface area contributed by atoms with Gasteiger partial charge in [-0.2, -0.15) is 0 Å². The zero-order chi connectivity index (χ0) is 11.4. The number of nitrogens with two attached hydrogens (primary N) is 1. The van der Waals surface area contributed by atoms with Crippen molar-refractivity contribution in [2.75, 3.05) is 0 Å². The van der Waals surface area contributed by atoms with Gasteiger partial charge in [-0.25, -0.2) is 0 Å². The van der Waals surface area contributed by atoms with Gasteiger partial charge >= 0.3 is 0 Å². The molecular weight excluding hydrogens is 224 g/mol. The molecule has 1 aliphatic rings. The maximum Gasteiger partial charge on any atom is 0.220 e. The summed E-state index contributed by atoms with van der Waals surface area (Å²) in [7, 11) is 0. The van der Waals surface area contributed by atoms with Gasteiger partial charge in [0.15, 0.2) is 0 Å². The van der Waals surface area contributed by atoms with E-state index >= 15 is 0 Å². The fourth-order valence-corrected chi connectivity index (χ4v) is 2.04. The Hall–Kier alpha value is -0.280. The van der Waals surface area contributed by atoms with Crippen LogP contribution in [0.5, 0.6) is 0 Å². The first kappa shape index (κ1) is 15.7. The molecule has 0 aliphatic heterocycles. The van der Waals surface area contributed by atoms with Crippen LogP contribution in [0.25, 0.3) is 0 Å². The molecule has 0 spiro atoms. The molecule has 0 radical (unpaired) electrons. The second-order valence-corrected chi connectivity index (χ2v) is 5.16. The van der Waals surface area contributed by atoms with Crippen LogP contribution in [-0.4, -0.2) is 18.0 Å². The van der Waals surface area contributed by atoms with Crippen molar-refractivity contribution in [3.8, 4) is 0 Å². The Morgan fingerprint density at radius 3 is 2.44 bits per heavy atom. The molecule has 3 atom stereocenters. The summed E-state index contributed by atoms with van der Waals surface area (Å²) in [5.41, 5.74) is 5.94. The molecule has 0 saturated heterocycles. The smallest absolute Gasteiger partial charge is 0.220 e. The van der Waals surface area contributed by atoms with E-state index in [0.717, 1.165) is 12.8 Å². The van der Waals surface area contributed by atoms with E-state index in [1.165, 1.54) is 6.42 Å². The van der Waals surface area contributed by atoms with Crippen molar-refractivity contribution < 1.29 is 4.79 Å². The lowest BCUT2D eigenvalue weighted by molar-refractivity contribution is -0.122. The molecular formula is C12H25ClN2O. The van der Waals surface area contributed by atoms with Gasteiger partial charge in [0.2, 0.25) is 5.91 Å². The van der Waals surface area contributed by atoms with Crippen LogP contribution in [0.1, 0.15) is 46.5 Å². The third-order valence-electron chi connectivity index (χ3n) is 3.55. The van der Waals surface area contributed by atoms with E-state index in [4.69, 9.17) is 5.73 Å². The quantitative estimate of drug-likeness (QED) is 0.801. The Balaban J connectivity index is 0.00000225. The van der Waals surface area contributed by atoms with Crippen LogP contribution in [0.15, 0.2) is 0 Å². The molecule has 0 aromatic carbocycles. The summed E-state index contributed by atoms with van der Waals surface area (Å²) >= 11 is 0. The molecule has 3 N–H and O–H groups in total. The Morgan fingerprint density at radius 2 is 2.00 bits per heavy atom. The molecule has 1 rings (SSSR count). The molecule has 0 bridgehead atoms. The van der Waals surface area contributed by atoms with Crippen LogP contribution < -0.4 is 11.1 Å². The topological polar surface area (TPSA) is 55.1 Å². The van der Waals surface area contributed by atoms with Gasteiger partial charge in [-0.1, -0.05) is 20.3 Å². The molecule has 1 saturated carbocycles. The van der Waals surface area contributed by atoms with Gasteiger partial charge in [0.25, 0.3) is 0 Å². The van der Waals surface area contributed by atoms with Crippen molar-refractivity contribution in [2.24, 2.45) is 17.6 Å². The molecule has 4 heteroatoms. The normalized spacial score (nSPS) is 26.3. The van der Waals surface area contributed by atoms with Gasteiger partial charge in [0, 0.05) is 18.5 Å². The van der Waals surface area contributed by atoms with Gasteiger partial charge in [-0.15, -0.1) is 12.4 Å². The highest BCUT2D eigenvalue weighted by atomic mass is 35.5. The summed E-state index contributed by atoms with van der Waals surface area (Å²) in [6.45, 7) is 6.29. The maximum absolute atomic E-state index is 11.7. The van der Waals surface area contributed by atoms with E-state index < -0.39 is 0 Å². The number of amides is 1. The third kappa shape index (κ3) is 4.71. The Bertz CT molecular complexity index is 221. The molecule has 1 amide bonds. The molecule has 16 heavy (non-hydrogen) atoms. The van der Waals surface area contributed by atoms with Crippen LogP contribution in [-0.2, 0) is 4.79 Å². The third-order valence-corrected chi connectivity index (χ3v) is 3.55. The highest BCUT2D eigenvalue weighted by Crippen LogP contribution is 2.26. The number of rotatable bonds is 4. The Morgan fingerprint density at radius 1 is 1.38 bits per heavy atom. The van der Waals surface area contributed by atoms with Crippen LogP contribution in [0.3, 0.4) is 0 Å². The number of carbonyl (C=O) groups excluding carboxylic acids is 1. The zero-order valence-corrected chi connectivity index (χ0v) is 11.3. The summed E-state index contributed by atoms with van der Waals surface area (Å²) in [5.74, 6) is 1.06. The van der Waals surface area contributed by atoms with E-state index in [1.54, 1.807) is 0 Å². The van der Waals surface area contributed by atoms with E-state index in [9.17, 15) is 4.79 Å². The molecule has 1 aliphatic carbocycles. The Kier molecular flexibility index (Phi) is 7.00. The lowest BCUT2D eigenvalue weighted by Crippen LogP contribution is -2.38. The maximum atomic E-state index is 11.7. The molecule has 1 unspecified atom stereocenters. The van der Waals surface area contributed by atoms with Crippen LogP contribution in [0, 0.1) is 11.8 Å². The first-order valence-corrected chi connectivity index (χ1v) is 6.05. The second kappa shape index (κ2) is 7.13. The lowest BCUT2D eigenvalue weighted by atomic mass is 9.99. The van der Waals surface area contributed by atoms with Gasteiger partial charge in [0.1, 0.15) is 0 Å². The average molecular weight is 249 g/mol. The van der Waals surface area contributed by atoms with E-state index in [-0.39, 0.29) is 30.4 Å². The SMILES string of the molecule is CC(C)C(C)NC(=O)C[C@@H]1CCC[C@H]1N.Cl. The molecule has 0 heterocycles. The minimum atomic E-state index is 0. The number of halogens is 1. The van der Waals surface area contributed by atoms with Gasteiger partial charge < -0.3 is 11.1 Å². The first-order valence-electron chi connectivity index (χ1n) is 6.05. The Labute approximate surface area is 105 Å². The van der Waals surface area contributed by atoms with Crippen molar-refractivity contribution >= 4 is 18.3 Å². The van der Waals surface area contributed by atoms with Gasteiger partial charge in [-0.3, -0.25) is 4.79 Å². The van der Waals surface area contributed by atoms with Crippen LogP contribution in [0.2, 0.25) is 0 Å². The number of nitrogens with one attached hydrogen (secondary N) is 1. The summed E-state index contributed by atoms with van der Waals surface area (Å²) < 4.78 is 0. The van der Waals surface area contributed by atoms with E-state index in [0.29, 0.717) is 18.3 Å². The predicted molar refractivity (Wildman–Crippen MR) is 69.6 cm³/mol. The first-order chi connectivity index (χ1) is 7.00. The fourth-order valence-electron chi connectivity index (χ4n) is 2.04. The zero-order valence-electron chi connectivity index (χ0n) is 10.5. The van der Waals surface area contributed by atoms with Crippen molar-refractivity contribution in [1.29, 1.82) is 0 Å². The van der Waals surface area contributed by atoms with E-state index in [1.807, 2.05) is 0 Å². The number of hydrogen-bond donors (Lipinski definition) is 2. The lowest BCUT2D eigenvalue weighted by Gasteiger charge is -2.20. The molecule has 0 aromatic rings. The molecule has 96 valence electrons. The van der Waals surface area contributed by atoms with Crippen molar-refractivity contribution in [2.45, 2.75) is 58.5 Å². The molecule has 0 aromatic heterocycles. The highest BCUT2D eigenvalue weighted by molar-refractivity contribution is 5.85. The molecule has 3 nitrogen and oxygen atoms in total. The van der Waals surface area contributed by atoms with Crippen LogP contribution in [0.4, 0.5) is 0 Å².